The van der Waals surface area contributed by atoms with Gasteiger partial charge in [0.2, 0.25) is 0 Å². The van der Waals surface area contributed by atoms with E-state index in [4.69, 9.17) is 34.4 Å². The van der Waals surface area contributed by atoms with E-state index in [1.54, 1.807) is 7.11 Å². The predicted octanol–water partition coefficient (Wildman–Crippen LogP) is 3.83. The number of carbonyl (C=O) groups is 2. The van der Waals surface area contributed by atoms with Gasteiger partial charge in [-0.1, -0.05) is 42.5 Å². The molecule has 1 fully saturated rings. The Morgan fingerprint density at radius 1 is 0.854 bits per heavy atom. The Morgan fingerprint density at radius 2 is 1.46 bits per heavy atom. The highest BCUT2D eigenvalue weighted by molar-refractivity contribution is 6.27. The first-order valence-electron chi connectivity index (χ1n) is 13.3. The smallest absolute Gasteiger partial charge is 0.414 e. The number of nitrogens with one attached hydrogen (secondary N) is 1. The third-order valence-electron chi connectivity index (χ3n) is 6.60. The molecule has 1 aliphatic heterocycles. The van der Waals surface area contributed by atoms with Gasteiger partial charge in [0.1, 0.15) is 5.75 Å². The number of carboxylic acid groups (broad SMARTS) is 2. The highest BCUT2D eigenvalue weighted by atomic mass is 16.5. The number of benzene rings is 3. The lowest BCUT2D eigenvalue weighted by atomic mass is 10.1. The maximum atomic E-state index is 9.10. The van der Waals surface area contributed by atoms with Crippen molar-refractivity contribution >= 4 is 11.9 Å². The first kappa shape index (κ1) is 29.5. The minimum atomic E-state index is -1.82. The molecule has 0 spiro atoms. The molecule has 0 amide bonds. The van der Waals surface area contributed by atoms with E-state index in [1.807, 2.05) is 35.0 Å². The lowest BCUT2D eigenvalue weighted by molar-refractivity contribution is -0.159. The van der Waals surface area contributed by atoms with E-state index in [-0.39, 0.29) is 0 Å². The number of nitrogens with zero attached hydrogens (tertiary/aromatic N) is 3. The summed E-state index contributed by atoms with van der Waals surface area (Å²) in [6.45, 7) is 6.11. The van der Waals surface area contributed by atoms with E-state index in [9.17, 15) is 0 Å². The van der Waals surface area contributed by atoms with Crippen LogP contribution in [0.15, 0.2) is 85.1 Å². The normalized spacial score (nSPS) is 13.2. The number of aromatic nitrogens is 2. The number of para-hydroxylation sites is 1. The van der Waals surface area contributed by atoms with Crippen molar-refractivity contribution in [3.8, 4) is 22.7 Å². The van der Waals surface area contributed by atoms with Gasteiger partial charge in [-0.05, 0) is 47.5 Å². The van der Waals surface area contributed by atoms with Crippen molar-refractivity contribution < 1.29 is 29.3 Å². The van der Waals surface area contributed by atoms with Crippen LogP contribution in [-0.2, 0) is 34.0 Å². The molecule has 0 aliphatic carbocycles. The van der Waals surface area contributed by atoms with Crippen LogP contribution in [0.25, 0.3) is 16.9 Å². The largest absolute Gasteiger partial charge is 0.497 e. The molecule has 0 radical (unpaired) electrons. The number of aliphatic carboxylic acids is 2. The van der Waals surface area contributed by atoms with Gasteiger partial charge in [0.05, 0.1) is 31.7 Å². The van der Waals surface area contributed by atoms with Gasteiger partial charge in [0.25, 0.3) is 0 Å². The molecular weight excluding hydrogens is 524 g/mol. The standard InChI is InChI=1S/C29H32N4O2.C2H2O4/c1-34-28-13-11-23(12-14-28)29-26(22-33(31-29)27-9-3-2-4-10-27)20-30-19-24-7-5-6-8-25(24)21-32-15-17-35-18-16-32;3-1(4)2(5)6/h2-14,22,30H,15-21H2,1H3;(H,3,4)(H,5,6). The zero-order valence-corrected chi connectivity index (χ0v) is 22.9. The summed E-state index contributed by atoms with van der Waals surface area (Å²) in [6, 6.07) is 27.0. The van der Waals surface area contributed by atoms with Crippen LogP contribution in [0.3, 0.4) is 0 Å². The van der Waals surface area contributed by atoms with E-state index in [0.717, 1.165) is 74.2 Å². The molecule has 0 bridgehead atoms. The molecule has 4 aromatic rings. The molecule has 1 aromatic heterocycles. The number of carboxylic acids is 2. The first-order valence-corrected chi connectivity index (χ1v) is 13.3. The van der Waals surface area contributed by atoms with Crippen molar-refractivity contribution in [2.75, 3.05) is 33.4 Å². The molecule has 2 heterocycles. The lowest BCUT2D eigenvalue weighted by Gasteiger charge is -2.27. The van der Waals surface area contributed by atoms with Crippen LogP contribution in [0.5, 0.6) is 5.75 Å². The summed E-state index contributed by atoms with van der Waals surface area (Å²) >= 11 is 0. The van der Waals surface area contributed by atoms with Gasteiger partial charge in [-0.3, -0.25) is 4.90 Å². The second-order valence-corrected chi connectivity index (χ2v) is 9.38. The van der Waals surface area contributed by atoms with Crippen LogP contribution in [0.1, 0.15) is 16.7 Å². The summed E-state index contributed by atoms with van der Waals surface area (Å²) in [6.07, 6.45) is 2.13. The van der Waals surface area contributed by atoms with E-state index >= 15 is 0 Å². The second kappa shape index (κ2) is 14.8. The molecule has 214 valence electrons. The predicted molar refractivity (Wildman–Crippen MR) is 154 cm³/mol. The molecule has 41 heavy (non-hydrogen) atoms. The van der Waals surface area contributed by atoms with Crippen molar-refractivity contribution in [1.82, 2.24) is 20.0 Å². The van der Waals surface area contributed by atoms with Gasteiger partial charge in [-0.2, -0.15) is 5.10 Å². The van der Waals surface area contributed by atoms with Gasteiger partial charge in [0.15, 0.2) is 0 Å². The van der Waals surface area contributed by atoms with Crippen molar-refractivity contribution in [1.29, 1.82) is 0 Å². The first-order chi connectivity index (χ1) is 19.9. The molecule has 0 atom stereocenters. The van der Waals surface area contributed by atoms with Crippen molar-refractivity contribution in [2.45, 2.75) is 19.6 Å². The maximum absolute atomic E-state index is 9.10. The summed E-state index contributed by atoms with van der Waals surface area (Å²) in [4.78, 5) is 20.7. The lowest BCUT2D eigenvalue weighted by Crippen LogP contribution is -2.36. The number of methoxy groups -OCH3 is 1. The molecular formula is C31H34N4O6. The number of rotatable bonds is 9. The maximum Gasteiger partial charge on any atom is 0.414 e. The zero-order valence-electron chi connectivity index (χ0n) is 22.9. The second-order valence-electron chi connectivity index (χ2n) is 9.38. The van der Waals surface area contributed by atoms with Gasteiger partial charge in [-0.15, -0.1) is 0 Å². The van der Waals surface area contributed by atoms with Crippen molar-refractivity contribution in [3.63, 3.8) is 0 Å². The minimum Gasteiger partial charge on any atom is -0.497 e. The quantitative estimate of drug-likeness (QED) is 0.263. The summed E-state index contributed by atoms with van der Waals surface area (Å²) in [5.74, 6) is -2.81. The third kappa shape index (κ3) is 8.49. The Kier molecular flexibility index (Phi) is 10.6. The fourth-order valence-corrected chi connectivity index (χ4v) is 4.46. The van der Waals surface area contributed by atoms with Gasteiger partial charge in [-0.25, -0.2) is 14.3 Å². The summed E-state index contributed by atoms with van der Waals surface area (Å²) in [7, 11) is 1.69. The molecule has 3 N–H and O–H groups in total. The molecule has 1 aliphatic rings. The fourth-order valence-electron chi connectivity index (χ4n) is 4.46. The molecule has 10 heteroatoms. The molecule has 10 nitrogen and oxygen atoms in total. The number of ether oxygens (including phenoxy) is 2. The zero-order chi connectivity index (χ0) is 29.0. The molecule has 5 rings (SSSR count). The van der Waals surface area contributed by atoms with E-state index in [2.05, 4.69) is 64.9 Å². The SMILES string of the molecule is COc1ccc(-c2nn(-c3ccccc3)cc2CNCc2ccccc2CN2CCOCC2)cc1.O=C(O)C(=O)O. The fraction of sp³-hybridized carbons (Fsp3) is 0.258. The van der Waals surface area contributed by atoms with Crippen LogP contribution in [0.4, 0.5) is 0 Å². The van der Waals surface area contributed by atoms with Crippen LogP contribution in [0, 0.1) is 0 Å². The van der Waals surface area contributed by atoms with Crippen LogP contribution < -0.4 is 10.1 Å². The van der Waals surface area contributed by atoms with Gasteiger partial charge in [0, 0.05) is 50.0 Å². The Hall–Kier alpha value is -4.51. The monoisotopic (exact) mass is 558 g/mol. The minimum absolute atomic E-state index is 0.722. The molecule has 3 aromatic carbocycles. The Labute approximate surface area is 238 Å². The molecule has 1 saturated heterocycles. The Balaban J connectivity index is 0.000000585. The van der Waals surface area contributed by atoms with Crippen molar-refractivity contribution in [3.05, 3.63) is 102 Å². The number of hydrogen-bond acceptors (Lipinski definition) is 7. The summed E-state index contributed by atoms with van der Waals surface area (Å²) in [5.41, 5.74) is 6.96. The number of morpholine rings is 1. The third-order valence-corrected chi connectivity index (χ3v) is 6.60. The van der Waals surface area contributed by atoms with E-state index in [0.29, 0.717) is 0 Å². The van der Waals surface area contributed by atoms with E-state index < -0.39 is 11.9 Å². The summed E-state index contributed by atoms with van der Waals surface area (Å²) < 4.78 is 12.8. The molecule has 0 saturated carbocycles. The Morgan fingerprint density at radius 3 is 2.10 bits per heavy atom. The average Bonchev–Trinajstić information content (AvgIpc) is 3.43. The van der Waals surface area contributed by atoms with Crippen LogP contribution >= 0.6 is 0 Å². The van der Waals surface area contributed by atoms with Crippen LogP contribution in [0.2, 0.25) is 0 Å². The molecule has 0 unspecified atom stereocenters. The topological polar surface area (TPSA) is 126 Å². The van der Waals surface area contributed by atoms with Crippen molar-refractivity contribution in [2.24, 2.45) is 0 Å². The van der Waals surface area contributed by atoms with Gasteiger partial charge >= 0.3 is 11.9 Å². The summed E-state index contributed by atoms with van der Waals surface area (Å²) in [5, 5.41) is 23.4. The van der Waals surface area contributed by atoms with Crippen LogP contribution in [-0.4, -0.2) is 70.2 Å². The number of hydrogen-bond donors (Lipinski definition) is 3. The average molecular weight is 559 g/mol. The Bertz CT molecular complexity index is 1400. The van der Waals surface area contributed by atoms with Gasteiger partial charge < -0.3 is 25.0 Å². The highest BCUT2D eigenvalue weighted by Gasteiger charge is 2.15. The highest BCUT2D eigenvalue weighted by Crippen LogP contribution is 2.26. The van der Waals surface area contributed by atoms with E-state index in [1.165, 1.54) is 11.1 Å².